The van der Waals surface area contributed by atoms with Crippen LogP contribution >= 0.6 is 0 Å². The molecule has 0 fully saturated rings. The molecule has 5 heteroatoms. The van der Waals surface area contributed by atoms with Crippen LogP contribution in [0.3, 0.4) is 0 Å². The number of fused-ring (bicyclic) bond motifs is 6. The van der Waals surface area contributed by atoms with Crippen molar-refractivity contribution in [3.63, 3.8) is 0 Å². The van der Waals surface area contributed by atoms with Crippen molar-refractivity contribution in [1.82, 2.24) is 24.5 Å². The van der Waals surface area contributed by atoms with Crippen LogP contribution < -0.4 is 0 Å². The first-order valence-electron chi connectivity index (χ1n) is 18.8. The first-order chi connectivity index (χ1) is 27.8. The largest absolute Gasteiger partial charge is 0.361 e. The first-order valence-corrected chi connectivity index (χ1v) is 18.8. The second-order valence-electron chi connectivity index (χ2n) is 14.1. The third-order valence-electron chi connectivity index (χ3n) is 11.0. The number of hydrogen-bond acceptors (Lipinski definition) is 3. The number of rotatable bonds is 6. The van der Waals surface area contributed by atoms with Crippen molar-refractivity contribution in [2.75, 3.05) is 0 Å². The van der Waals surface area contributed by atoms with Crippen molar-refractivity contribution in [2.24, 2.45) is 0 Å². The lowest BCUT2D eigenvalue weighted by atomic mass is 9.95. The second kappa shape index (κ2) is 13.0. The Morgan fingerprint density at radius 1 is 0.393 bits per heavy atom. The number of nitrogens with zero attached hydrogens (tertiary/aromatic N) is 4. The molecule has 11 rings (SSSR count). The van der Waals surface area contributed by atoms with Crippen molar-refractivity contribution >= 4 is 32.7 Å². The molecule has 0 bridgehead atoms. The highest BCUT2D eigenvalue weighted by molar-refractivity contribution is 6.15. The number of nitrogens with one attached hydrogen (secondary N) is 1. The highest BCUT2D eigenvalue weighted by atomic mass is 15.0. The number of benzene rings is 5. The van der Waals surface area contributed by atoms with E-state index in [0.29, 0.717) is 0 Å². The van der Waals surface area contributed by atoms with E-state index in [9.17, 15) is 0 Å². The van der Waals surface area contributed by atoms with E-state index in [4.69, 9.17) is 4.98 Å². The fourth-order valence-corrected chi connectivity index (χ4v) is 8.50. The molecule has 1 aliphatic carbocycles. The number of aromatic amines is 1. The van der Waals surface area contributed by atoms with Gasteiger partial charge in [-0.15, -0.1) is 0 Å². The predicted molar refractivity (Wildman–Crippen MR) is 230 cm³/mol. The van der Waals surface area contributed by atoms with Gasteiger partial charge in [0.05, 0.1) is 33.6 Å². The van der Waals surface area contributed by atoms with E-state index >= 15 is 0 Å². The summed E-state index contributed by atoms with van der Waals surface area (Å²) in [5, 5.41) is 3.50. The Bertz CT molecular complexity index is 3190. The number of H-pyrrole nitrogens is 1. The third kappa shape index (κ3) is 5.13. The smallest absolute Gasteiger partial charge is 0.0963 e. The summed E-state index contributed by atoms with van der Waals surface area (Å²) in [6.45, 7) is 0. The molecule has 0 spiro atoms. The van der Waals surface area contributed by atoms with E-state index in [2.05, 4.69) is 159 Å². The average molecular weight is 716 g/mol. The van der Waals surface area contributed by atoms with Crippen molar-refractivity contribution in [3.8, 4) is 72.8 Å². The summed E-state index contributed by atoms with van der Waals surface area (Å²) in [5.41, 5.74) is 17.6. The molecule has 0 unspecified atom stereocenters. The Hall–Kier alpha value is -7.63. The SMILES string of the molecule is c1ccc(-c2ccccc2-c2ccc3c(-c4cccc(-n5c6ccc(-c7ccccc7-c7ccccn7)cc6c6ncccc65)c4)c4ccc[nH]c-4c3c2)nc1. The van der Waals surface area contributed by atoms with Gasteiger partial charge >= 0.3 is 0 Å². The molecule has 5 heterocycles. The van der Waals surface area contributed by atoms with Gasteiger partial charge in [-0.05, 0) is 112 Å². The summed E-state index contributed by atoms with van der Waals surface area (Å²) in [7, 11) is 0. The van der Waals surface area contributed by atoms with Gasteiger partial charge in [0.15, 0.2) is 0 Å². The zero-order valence-electron chi connectivity index (χ0n) is 30.3. The van der Waals surface area contributed by atoms with Gasteiger partial charge in [-0.1, -0.05) is 97.1 Å². The minimum absolute atomic E-state index is 0.955. The summed E-state index contributed by atoms with van der Waals surface area (Å²) in [5.74, 6) is 0. The Balaban J connectivity index is 1.06. The van der Waals surface area contributed by atoms with E-state index in [0.717, 1.165) is 83.6 Å². The van der Waals surface area contributed by atoms with Crippen LogP contribution in [-0.4, -0.2) is 24.5 Å². The van der Waals surface area contributed by atoms with Crippen LogP contribution in [0.15, 0.2) is 195 Å². The van der Waals surface area contributed by atoms with Gasteiger partial charge in [-0.3, -0.25) is 15.0 Å². The number of aromatic nitrogens is 5. The van der Waals surface area contributed by atoms with Gasteiger partial charge in [0.25, 0.3) is 0 Å². The minimum atomic E-state index is 0.955. The van der Waals surface area contributed by atoms with Crippen LogP contribution in [0, 0.1) is 0 Å². The van der Waals surface area contributed by atoms with E-state index in [1.165, 1.54) is 21.9 Å². The Labute approximate surface area is 323 Å². The summed E-state index contributed by atoms with van der Waals surface area (Å²) >= 11 is 0. The summed E-state index contributed by atoms with van der Waals surface area (Å²) < 4.78 is 2.35. The molecule has 0 saturated heterocycles. The van der Waals surface area contributed by atoms with Gasteiger partial charge < -0.3 is 9.55 Å². The Morgan fingerprint density at radius 2 is 1.04 bits per heavy atom. The van der Waals surface area contributed by atoms with E-state index in [1.54, 1.807) is 0 Å². The fourth-order valence-electron chi connectivity index (χ4n) is 8.50. The van der Waals surface area contributed by atoms with Crippen LogP contribution in [0.4, 0.5) is 0 Å². The monoisotopic (exact) mass is 715 g/mol. The van der Waals surface area contributed by atoms with Gasteiger partial charge in [0.2, 0.25) is 0 Å². The lowest BCUT2D eigenvalue weighted by Crippen LogP contribution is -1.95. The van der Waals surface area contributed by atoms with Gasteiger partial charge in [0.1, 0.15) is 0 Å². The molecule has 5 aromatic carbocycles. The molecule has 1 N–H and O–H groups in total. The number of pyridine rings is 4. The molecular weight excluding hydrogens is 683 g/mol. The molecule has 0 amide bonds. The molecule has 4 aromatic heterocycles. The Kier molecular flexibility index (Phi) is 7.42. The average Bonchev–Trinajstić information content (AvgIpc) is 3.79. The maximum absolute atomic E-state index is 4.94. The molecule has 9 aromatic rings. The van der Waals surface area contributed by atoms with Crippen molar-refractivity contribution in [2.45, 2.75) is 0 Å². The molecule has 56 heavy (non-hydrogen) atoms. The van der Waals surface area contributed by atoms with Gasteiger partial charge in [-0.2, -0.15) is 0 Å². The van der Waals surface area contributed by atoms with Crippen molar-refractivity contribution in [1.29, 1.82) is 0 Å². The van der Waals surface area contributed by atoms with E-state index in [1.807, 2.05) is 55.1 Å². The molecule has 262 valence electrons. The number of hydrogen-bond donors (Lipinski definition) is 1. The van der Waals surface area contributed by atoms with Crippen LogP contribution in [0.5, 0.6) is 0 Å². The molecule has 0 atom stereocenters. The maximum Gasteiger partial charge on any atom is 0.0963 e. The second-order valence-corrected chi connectivity index (χ2v) is 14.1. The predicted octanol–water partition coefficient (Wildman–Crippen LogP) is 12.9. The van der Waals surface area contributed by atoms with Crippen molar-refractivity contribution < 1.29 is 0 Å². The quantitative estimate of drug-likeness (QED) is 0.186. The lowest BCUT2D eigenvalue weighted by molar-refractivity contribution is 1.18. The minimum Gasteiger partial charge on any atom is -0.361 e. The standard InChI is InChI=1S/C51H33N5/c1-3-16-39(45-19-5-7-26-52-45)37(14-1)33-22-24-41-43(31-33)50-42(18-10-28-54-50)49(41)35-12-9-13-36(30-35)56-47-25-23-34(32-44(47)51-48(56)21-11-29-55-51)38-15-2-4-17-40(38)46-20-6-8-27-53-46/h1-32,54H. The molecule has 5 nitrogen and oxygen atoms in total. The van der Waals surface area contributed by atoms with Crippen molar-refractivity contribution in [3.05, 3.63) is 195 Å². The van der Waals surface area contributed by atoms with Crippen LogP contribution in [-0.2, 0) is 0 Å². The highest BCUT2D eigenvalue weighted by Crippen LogP contribution is 2.46. The zero-order chi connectivity index (χ0) is 37.0. The summed E-state index contributed by atoms with van der Waals surface area (Å²) in [6, 6.07) is 60.2. The first kappa shape index (κ1) is 31.9. The van der Waals surface area contributed by atoms with Crippen LogP contribution in [0.25, 0.3) is 106 Å². The fraction of sp³-hybridized carbons (Fsp3) is 0. The highest BCUT2D eigenvalue weighted by Gasteiger charge is 2.22. The third-order valence-corrected chi connectivity index (χ3v) is 11.0. The van der Waals surface area contributed by atoms with Gasteiger partial charge in [0, 0.05) is 57.9 Å². The van der Waals surface area contributed by atoms with E-state index < -0.39 is 0 Å². The molecule has 2 aliphatic rings. The molecular formula is C51H33N5. The molecule has 1 aliphatic heterocycles. The summed E-state index contributed by atoms with van der Waals surface area (Å²) in [6.07, 6.45) is 7.61. The Morgan fingerprint density at radius 3 is 1.75 bits per heavy atom. The zero-order valence-corrected chi connectivity index (χ0v) is 30.3. The summed E-state index contributed by atoms with van der Waals surface area (Å²) in [4.78, 5) is 17.9. The normalized spacial score (nSPS) is 11.6. The molecule has 0 saturated carbocycles. The molecule has 0 radical (unpaired) electrons. The van der Waals surface area contributed by atoms with Crippen LogP contribution in [0.1, 0.15) is 0 Å². The van der Waals surface area contributed by atoms with Crippen LogP contribution in [0.2, 0.25) is 0 Å². The maximum atomic E-state index is 4.94. The van der Waals surface area contributed by atoms with Gasteiger partial charge in [-0.25, -0.2) is 0 Å². The lowest BCUT2D eigenvalue weighted by Gasteiger charge is -2.12. The topological polar surface area (TPSA) is 59.4 Å². The van der Waals surface area contributed by atoms with E-state index in [-0.39, 0.29) is 0 Å².